The second kappa shape index (κ2) is 3.81. The average molecular weight is 187 g/mol. The Labute approximate surface area is 75.2 Å². The molecule has 0 atom stereocenters. The molecule has 0 aliphatic carbocycles. The molecule has 1 rings (SSSR count). The van der Waals surface area contributed by atoms with Crippen LogP contribution in [0.25, 0.3) is 0 Å². The first-order chi connectivity index (χ1) is 6.04. The van der Waals surface area contributed by atoms with Gasteiger partial charge in [-0.3, -0.25) is 0 Å². The summed E-state index contributed by atoms with van der Waals surface area (Å²) in [6.07, 6.45) is 0. The second-order valence-corrected chi connectivity index (χ2v) is 2.92. The number of halogens is 2. The Morgan fingerprint density at radius 1 is 1.31 bits per heavy atom. The molecule has 4 heteroatoms. The Morgan fingerprint density at radius 2 is 1.85 bits per heavy atom. The van der Waals surface area contributed by atoms with E-state index in [9.17, 15) is 8.78 Å². The smallest absolute Gasteiger partial charge is 0.270 e. The molecule has 0 aromatic heterocycles. The van der Waals surface area contributed by atoms with Crippen LogP contribution in [0.5, 0.6) is 0 Å². The quantitative estimate of drug-likeness (QED) is 0.711. The van der Waals surface area contributed by atoms with Crippen molar-refractivity contribution < 1.29 is 14.0 Å². The first-order valence-electron chi connectivity index (χ1n) is 3.88. The molecule has 0 bridgehead atoms. The Hall–Kier alpha value is -1.00. The third-order valence-corrected chi connectivity index (χ3v) is 1.74. The van der Waals surface area contributed by atoms with Crippen molar-refractivity contribution in [3.8, 4) is 0 Å². The van der Waals surface area contributed by atoms with Crippen molar-refractivity contribution in [1.82, 2.24) is 5.48 Å². The number of nitrogens with one attached hydrogen (secondary N) is 1. The number of hydrogen-bond acceptors (Lipinski definition) is 2. The highest BCUT2D eigenvalue weighted by Gasteiger charge is 2.23. The van der Waals surface area contributed by atoms with Crippen molar-refractivity contribution in [3.63, 3.8) is 0 Å². The molecule has 72 valence electrons. The van der Waals surface area contributed by atoms with Crippen molar-refractivity contribution in [1.29, 1.82) is 0 Å². The van der Waals surface area contributed by atoms with Crippen molar-refractivity contribution in [2.45, 2.75) is 19.4 Å². The molecule has 0 spiro atoms. The lowest BCUT2D eigenvalue weighted by Crippen LogP contribution is -2.09. The van der Waals surface area contributed by atoms with Crippen molar-refractivity contribution >= 4 is 0 Å². The fourth-order valence-electron chi connectivity index (χ4n) is 1.01. The molecule has 0 radical (unpaired) electrons. The van der Waals surface area contributed by atoms with E-state index < -0.39 is 5.92 Å². The highest BCUT2D eigenvalue weighted by Crippen LogP contribution is 2.26. The summed E-state index contributed by atoms with van der Waals surface area (Å²) in [5.74, 6) is -2.80. The number of hydrogen-bond donors (Lipinski definition) is 2. The molecular weight excluding hydrogens is 176 g/mol. The molecule has 13 heavy (non-hydrogen) atoms. The van der Waals surface area contributed by atoms with E-state index in [4.69, 9.17) is 5.21 Å². The fraction of sp³-hybridized carbons (Fsp3) is 0.333. The van der Waals surface area contributed by atoms with E-state index in [1.54, 1.807) is 12.1 Å². The normalized spacial score (nSPS) is 11.7. The SMILES string of the molecule is CC(F)(F)c1ccc(CNO)cc1. The predicted molar refractivity (Wildman–Crippen MR) is 44.6 cm³/mol. The summed E-state index contributed by atoms with van der Waals surface area (Å²) < 4.78 is 25.4. The third-order valence-electron chi connectivity index (χ3n) is 1.74. The van der Waals surface area contributed by atoms with E-state index >= 15 is 0 Å². The molecule has 0 fully saturated rings. The molecule has 1 aromatic rings. The molecular formula is C9H11F2NO. The lowest BCUT2D eigenvalue weighted by molar-refractivity contribution is 0.0174. The van der Waals surface area contributed by atoms with Gasteiger partial charge in [-0.2, -0.15) is 0 Å². The predicted octanol–water partition coefficient (Wildman–Crippen LogP) is 2.28. The van der Waals surface area contributed by atoms with Crippen molar-refractivity contribution in [2.24, 2.45) is 0 Å². The van der Waals surface area contributed by atoms with Gasteiger partial charge in [0.1, 0.15) is 0 Å². The molecule has 0 saturated heterocycles. The number of benzene rings is 1. The van der Waals surface area contributed by atoms with Gasteiger partial charge in [-0.05, 0) is 5.56 Å². The molecule has 0 saturated carbocycles. The van der Waals surface area contributed by atoms with Gasteiger partial charge >= 0.3 is 0 Å². The van der Waals surface area contributed by atoms with Crippen LogP contribution in [0.2, 0.25) is 0 Å². The average Bonchev–Trinajstić information content (AvgIpc) is 2.04. The van der Waals surface area contributed by atoms with Gasteiger partial charge in [-0.1, -0.05) is 24.3 Å². The number of hydroxylamine groups is 1. The van der Waals surface area contributed by atoms with E-state index in [1.807, 2.05) is 5.48 Å². The van der Waals surface area contributed by atoms with Crippen LogP contribution in [0.4, 0.5) is 8.78 Å². The highest BCUT2D eigenvalue weighted by atomic mass is 19.3. The van der Waals surface area contributed by atoms with Crippen molar-refractivity contribution in [3.05, 3.63) is 35.4 Å². The number of alkyl halides is 2. The number of rotatable bonds is 3. The van der Waals surface area contributed by atoms with Crippen LogP contribution >= 0.6 is 0 Å². The zero-order valence-corrected chi connectivity index (χ0v) is 7.22. The lowest BCUT2D eigenvalue weighted by Gasteiger charge is -2.10. The monoisotopic (exact) mass is 187 g/mol. The Bertz CT molecular complexity index is 266. The lowest BCUT2D eigenvalue weighted by atomic mass is 10.1. The Kier molecular flexibility index (Phi) is 2.95. The molecule has 2 nitrogen and oxygen atoms in total. The first-order valence-corrected chi connectivity index (χ1v) is 3.88. The standard InChI is InChI=1S/C9H11F2NO/c1-9(10,11)8-4-2-7(3-5-8)6-12-13/h2-5,12-13H,6H2,1H3. The van der Waals surface area contributed by atoms with Gasteiger partial charge in [-0.15, -0.1) is 0 Å². The Balaban J connectivity index is 2.81. The molecule has 0 aliphatic rings. The maximum atomic E-state index is 12.7. The summed E-state index contributed by atoms with van der Waals surface area (Å²) in [5, 5.41) is 8.35. The van der Waals surface area contributed by atoms with Gasteiger partial charge in [-0.25, -0.2) is 14.3 Å². The van der Waals surface area contributed by atoms with Crippen molar-refractivity contribution in [2.75, 3.05) is 0 Å². The van der Waals surface area contributed by atoms with Gasteiger partial charge in [0.2, 0.25) is 0 Å². The minimum absolute atomic E-state index is 0.0193. The summed E-state index contributed by atoms with van der Waals surface area (Å²) in [5.41, 5.74) is 2.70. The first kappa shape index (κ1) is 10.1. The summed E-state index contributed by atoms with van der Waals surface area (Å²) in [4.78, 5) is 0. The maximum Gasteiger partial charge on any atom is 0.270 e. The van der Waals surface area contributed by atoms with Crippen LogP contribution in [0.3, 0.4) is 0 Å². The van der Waals surface area contributed by atoms with Crippen LogP contribution in [-0.2, 0) is 12.5 Å². The van der Waals surface area contributed by atoms with E-state index in [2.05, 4.69) is 0 Å². The summed E-state index contributed by atoms with van der Waals surface area (Å²) in [6.45, 7) is 1.11. The van der Waals surface area contributed by atoms with E-state index in [1.165, 1.54) is 12.1 Å². The van der Waals surface area contributed by atoms with Gasteiger partial charge in [0.05, 0.1) is 0 Å². The van der Waals surface area contributed by atoms with Gasteiger partial charge < -0.3 is 5.21 Å². The van der Waals surface area contributed by atoms with E-state index in [0.29, 0.717) is 0 Å². The molecule has 1 aromatic carbocycles. The Morgan fingerprint density at radius 3 is 2.23 bits per heavy atom. The molecule has 2 N–H and O–H groups in total. The largest absolute Gasteiger partial charge is 0.316 e. The van der Waals surface area contributed by atoms with Crippen LogP contribution in [-0.4, -0.2) is 5.21 Å². The summed E-state index contributed by atoms with van der Waals surface area (Å²) in [7, 11) is 0. The van der Waals surface area contributed by atoms with Gasteiger partial charge in [0.15, 0.2) is 0 Å². The molecule has 0 unspecified atom stereocenters. The van der Waals surface area contributed by atoms with Crippen LogP contribution < -0.4 is 5.48 Å². The maximum absolute atomic E-state index is 12.7. The second-order valence-electron chi connectivity index (χ2n) is 2.92. The van der Waals surface area contributed by atoms with E-state index in [0.717, 1.165) is 12.5 Å². The highest BCUT2D eigenvalue weighted by molar-refractivity contribution is 5.25. The fourth-order valence-corrected chi connectivity index (χ4v) is 1.01. The third kappa shape index (κ3) is 2.75. The van der Waals surface area contributed by atoms with Crippen LogP contribution in [0.1, 0.15) is 18.1 Å². The van der Waals surface area contributed by atoms with Crippen LogP contribution in [0, 0.1) is 0 Å². The zero-order chi connectivity index (χ0) is 9.90. The minimum Gasteiger partial charge on any atom is -0.316 e. The van der Waals surface area contributed by atoms with Crippen LogP contribution in [0.15, 0.2) is 24.3 Å². The molecule has 0 heterocycles. The molecule has 0 aliphatic heterocycles. The zero-order valence-electron chi connectivity index (χ0n) is 7.22. The van der Waals surface area contributed by atoms with E-state index in [-0.39, 0.29) is 12.1 Å². The topological polar surface area (TPSA) is 32.3 Å². The summed E-state index contributed by atoms with van der Waals surface area (Å²) >= 11 is 0. The minimum atomic E-state index is -2.80. The van der Waals surface area contributed by atoms with Gasteiger partial charge in [0, 0.05) is 19.0 Å². The summed E-state index contributed by atoms with van der Waals surface area (Å²) in [6, 6.07) is 5.81. The van der Waals surface area contributed by atoms with Gasteiger partial charge in [0.25, 0.3) is 5.92 Å². The molecule has 0 amide bonds.